The Balaban J connectivity index is 1.30. The highest BCUT2D eigenvalue weighted by Crippen LogP contribution is 2.66. The second kappa shape index (κ2) is 16.4. The number of carbonyl (C=O) groups is 6. The quantitative estimate of drug-likeness (QED) is 0.215. The zero-order chi connectivity index (χ0) is 42.1. The number of hydrogen-bond donors (Lipinski definition) is 2. The van der Waals surface area contributed by atoms with E-state index < -0.39 is 76.6 Å². The van der Waals surface area contributed by atoms with Crippen LogP contribution in [0, 0.1) is 0 Å². The average molecular weight is 802 g/mol. The summed E-state index contributed by atoms with van der Waals surface area (Å²) in [5, 5.41) is 5.20. The lowest BCUT2D eigenvalue weighted by molar-refractivity contribution is -0.206. The van der Waals surface area contributed by atoms with E-state index in [1.165, 1.54) is 21.0 Å². The maximum atomic E-state index is 13.8. The summed E-state index contributed by atoms with van der Waals surface area (Å²) in [6.07, 6.45) is -2.62. The summed E-state index contributed by atoms with van der Waals surface area (Å²) in [7, 11) is 3.51. The highest BCUT2D eigenvalue weighted by atomic mass is 16.7. The predicted molar refractivity (Wildman–Crippen MR) is 200 cm³/mol. The van der Waals surface area contributed by atoms with Gasteiger partial charge < -0.3 is 48.5 Å². The molecule has 2 bridgehead atoms. The number of rotatable bonds is 13. The second-order valence-corrected chi connectivity index (χ2v) is 16.7. The number of esters is 2. The molecule has 1 fully saturated rings. The molecule has 17 nitrogen and oxygen atoms in total. The zero-order valence-corrected chi connectivity index (χ0v) is 34.4. The van der Waals surface area contributed by atoms with Crippen molar-refractivity contribution in [3.8, 4) is 11.5 Å². The van der Waals surface area contributed by atoms with Crippen LogP contribution >= 0.6 is 0 Å². The monoisotopic (exact) mass is 801 g/mol. The smallest absolute Gasteiger partial charge is 0.493 e. The third-order valence-corrected chi connectivity index (χ3v) is 10.4. The summed E-state index contributed by atoms with van der Waals surface area (Å²) in [4.78, 5) is 78.6. The number of hydrogen-bond acceptors (Lipinski definition) is 15. The Morgan fingerprint density at radius 1 is 0.877 bits per heavy atom. The van der Waals surface area contributed by atoms with Crippen LogP contribution in [0.2, 0.25) is 0 Å². The zero-order valence-electron chi connectivity index (χ0n) is 34.4. The molecule has 0 radical (unpaired) electrons. The molecule has 0 aromatic heterocycles. The molecule has 6 atom stereocenters. The fraction of sp³-hybridized carbons (Fsp3) is 0.650. The van der Waals surface area contributed by atoms with Gasteiger partial charge in [0.2, 0.25) is 0 Å². The summed E-state index contributed by atoms with van der Waals surface area (Å²) in [6.45, 7) is 13.3. The summed E-state index contributed by atoms with van der Waals surface area (Å²) < 4.78 is 45.3. The van der Waals surface area contributed by atoms with Crippen molar-refractivity contribution in [2.24, 2.45) is 0 Å². The first-order valence-electron chi connectivity index (χ1n) is 19.2. The van der Waals surface area contributed by atoms with Crippen molar-refractivity contribution in [2.45, 2.75) is 134 Å². The number of piperidine rings is 1. The van der Waals surface area contributed by atoms with Crippen molar-refractivity contribution in [1.29, 1.82) is 0 Å². The molecule has 1 spiro atoms. The summed E-state index contributed by atoms with van der Waals surface area (Å²) in [5.74, 6) is -1.21. The van der Waals surface area contributed by atoms with Crippen molar-refractivity contribution in [3.63, 3.8) is 0 Å². The van der Waals surface area contributed by atoms with Crippen LogP contribution in [0.5, 0.6) is 11.5 Å². The van der Waals surface area contributed by atoms with Crippen LogP contribution in [0.4, 0.5) is 9.59 Å². The van der Waals surface area contributed by atoms with E-state index in [9.17, 15) is 28.8 Å². The molecule has 2 N–H and O–H groups in total. The molecule has 57 heavy (non-hydrogen) atoms. The number of carbonyl (C=O) groups excluding carboxylic acids is 6. The molecule has 1 aromatic carbocycles. The minimum Gasteiger partial charge on any atom is -0.493 e. The highest BCUT2D eigenvalue weighted by Gasteiger charge is 2.74. The lowest BCUT2D eigenvalue weighted by Crippen LogP contribution is -2.75. The predicted octanol–water partition coefficient (Wildman–Crippen LogP) is 3.76. The van der Waals surface area contributed by atoms with Crippen molar-refractivity contribution >= 4 is 36.1 Å². The van der Waals surface area contributed by atoms with Gasteiger partial charge in [-0.2, -0.15) is 0 Å². The average Bonchev–Trinajstić information content (AvgIpc) is 3.45. The van der Waals surface area contributed by atoms with Crippen molar-refractivity contribution in [1.82, 2.24) is 15.5 Å². The number of likely N-dealkylation sites (tertiary alicyclic amines) is 1. The standard InChI is InChI=1S/C40H55N3O14/c1-22(51-35(48)56-37(3,4)5)33(46)41-18-14-28(44)53-26-13-16-40(55-29(45)15-19-42-34(47)23(2)52-36(49)57-38(6,7)8)27-21-24-11-12-25(50-10)31-30(24)39(40,32(26)54-31)17-20-43(27)9/h11-13,22-23,27,32H,14-21H2,1-10H3,(H,41,46)(H,42,47)/t22-,23-,27+,32-,39-,40+/m0/s1. The number of amides is 2. The van der Waals surface area contributed by atoms with Crippen LogP contribution in [0.3, 0.4) is 0 Å². The SMILES string of the molecule is COc1ccc2c3c1O[C@H]1C(OC(=O)CCNC(=O)[C@H](C)OC(=O)OC(C)(C)C)=CC[C@@]4(OC(=O)CCNC(=O)[C@H](C)OC(=O)OC(C)(C)C)[C@@H](C2)N(C)CC[C@]314. The van der Waals surface area contributed by atoms with Gasteiger partial charge in [-0.1, -0.05) is 6.07 Å². The molecule has 2 aliphatic heterocycles. The summed E-state index contributed by atoms with van der Waals surface area (Å²) in [5.41, 5.74) is -1.87. The highest BCUT2D eigenvalue weighted by molar-refractivity contribution is 5.83. The van der Waals surface area contributed by atoms with Gasteiger partial charge in [-0.3, -0.25) is 24.1 Å². The molecule has 5 rings (SSSR count). The van der Waals surface area contributed by atoms with E-state index in [1.54, 1.807) is 47.6 Å². The maximum absolute atomic E-state index is 13.8. The lowest BCUT2D eigenvalue weighted by atomic mass is 9.50. The van der Waals surface area contributed by atoms with Crippen LogP contribution in [0.15, 0.2) is 24.0 Å². The first-order chi connectivity index (χ1) is 26.6. The molecule has 2 aliphatic carbocycles. The van der Waals surface area contributed by atoms with Crippen LogP contribution in [-0.2, 0) is 59.4 Å². The van der Waals surface area contributed by atoms with Crippen LogP contribution in [-0.4, -0.2) is 116 Å². The van der Waals surface area contributed by atoms with Gasteiger partial charge in [-0.15, -0.1) is 0 Å². The molecular weight excluding hydrogens is 746 g/mol. The van der Waals surface area contributed by atoms with Crippen molar-refractivity contribution in [3.05, 3.63) is 35.1 Å². The van der Waals surface area contributed by atoms with E-state index in [2.05, 4.69) is 15.5 Å². The van der Waals surface area contributed by atoms with Gasteiger partial charge in [0.15, 0.2) is 29.8 Å². The van der Waals surface area contributed by atoms with E-state index in [1.807, 2.05) is 19.2 Å². The van der Waals surface area contributed by atoms with Gasteiger partial charge in [0.25, 0.3) is 11.8 Å². The molecular formula is C40H55N3O14. The number of nitrogens with one attached hydrogen (secondary N) is 2. The number of benzene rings is 1. The van der Waals surface area contributed by atoms with E-state index in [0.29, 0.717) is 30.9 Å². The third-order valence-electron chi connectivity index (χ3n) is 10.4. The topological polar surface area (TPSA) is 204 Å². The lowest BCUT2D eigenvalue weighted by Gasteiger charge is -2.62. The third kappa shape index (κ3) is 9.08. The Morgan fingerprint density at radius 2 is 1.44 bits per heavy atom. The van der Waals surface area contributed by atoms with Gasteiger partial charge in [0.05, 0.1) is 31.4 Å². The number of nitrogens with zero attached hydrogens (tertiary/aromatic N) is 1. The minimum absolute atomic E-state index is 0.0833. The van der Waals surface area contributed by atoms with Crippen LogP contribution in [0.1, 0.15) is 92.2 Å². The van der Waals surface area contributed by atoms with Gasteiger partial charge in [0.1, 0.15) is 22.6 Å². The van der Waals surface area contributed by atoms with Crippen LogP contribution < -0.4 is 20.1 Å². The molecule has 1 saturated heterocycles. The molecule has 4 aliphatic rings. The van der Waals surface area contributed by atoms with E-state index in [4.69, 9.17) is 37.9 Å². The number of methoxy groups -OCH3 is 1. The van der Waals surface area contributed by atoms with Crippen LogP contribution in [0.25, 0.3) is 0 Å². The number of likely N-dealkylation sites (N-methyl/N-ethyl adjacent to an activating group) is 1. The van der Waals surface area contributed by atoms with Gasteiger partial charge in [0, 0.05) is 25.1 Å². The summed E-state index contributed by atoms with van der Waals surface area (Å²) >= 11 is 0. The van der Waals surface area contributed by atoms with Gasteiger partial charge in [-0.05, 0) is 99.5 Å². The fourth-order valence-corrected chi connectivity index (χ4v) is 8.00. The fourth-order valence-electron chi connectivity index (χ4n) is 8.00. The Kier molecular flexibility index (Phi) is 12.4. The maximum Gasteiger partial charge on any atom is 0.509 e. The molecule has 17 heteroatoms. The molecule has 2 heterocycles. The Labute approximate surface area is 332 Å². The van der Waals surface area contributed by atoms with Crippen molar-refractivity contribution < 1.29 is 66.7 Å². The Bertz CT molecular complexity index is 1800. The largest absolute Gasteiger partial charge is 0.509 e. The first-order valence-corrected chi connectivity index (χ1v) is 19.2. The molecule has 2 amide bonds. The Hall–Kier alpha value is -5.06. The van der Waals surface area contributed by atoms with E-state index in [0.717, 1.165) is 11.1 Å². The molecule has 314 valence electrons. The minimum atomic E-state index is -1.16. The molecule has 0 unspecified atom stereocenters. The normalized spacial score (nSPS) is 24.2. The Morgan fingerprint density at radius 3 is 1.98 bits per heavy atom. The van der Waals surface area contributed by atoms with Gasteiger partial charge >= 0.3 is 24.2 Å². The molecule has 1 aromatic rings. The molecule has 0 saturated carbocycles. The van der Waals surface area contributed by atoms with E-state index >= 15 is 0 Å². The van der Waals surface area contributed by atoms with Crippen molar-refractivity contribution in [2.75, 3.05) is 33.8 Å². The van der Waals surface area contributed by atoms with Gasteiger partial charge in [-0.25, -0.2) is 9.59 Å². The van der Waals surface area contributed by atoms with E-state index in [-0.39, 0.29) is 44.2 Å². The first kappa shape index (κ1) is 43.1. The number of ether oxygens (including phenoxy) is 8. The second-order valence-electron chi connectivity index (χ2n) is 16.7. The summed E-state index contributed by atoms with van der Waals surface area (Å²) in [6, 6.07) is 3.54.